The summed E-state index contributed by atoms with van der Waals surface area (Å²) < 4.78 is 21.2. The summed E-state index contributed by atoms with van der Waals surface area (Å²) >= 11 is 0. The summed E-state index contributed by atoms with van der Waals surface area (Å²) in [5.41, 5.74) is 6.66. The van der Waals surface area contributed by atoms with E-state index in [9.17, 15) is 8.42 Å². The van der Waals surface area contributed by atoms with E-state index in [4.69, 9.17) is 10.9 Å². The zero-order chi connectivity index (χ0) is 10.6. The van der Waals surface area contributed by atoms with Gasteiger partial charge in [-0.25, -0.2) is 13.6 Å². The average Bonchev–Trinajstić information content (AvgIpc) is 2.01. The van der Waals surface area contributed by atoms with Crippen LogP contribution in [0.4, 0.5) is 11.4 Å². The molecule has 0 atom stereocenters. The molecule has 0 saturated heterocycles. The van der Waals surface area contributed by atoms with Crippen LogP contribution in [0.15, 0.2) is 18.5 Å². The van der Waals surface area contributed by atoms with E-state index in [1.165, 1.54) is 6.20 Å². The second-order valence-corrected chi connectivity index (χ2v) is 4.53. The molecule has 78 valence electrons. The molecule has 1 aromatic heterocycles. The van der Waals surface area contributed by atoms with E-state index in [1.807, 2.05) is 0 Å². The maximum absolute atomic E-state index is 10.6. The number of pyridine rings is 1. The van der Waals surface area contributed by atoms with Gasteiger partial charge < -0.3 is 11.1 Å². The Hall–Kier alpha value is -1.34. The van der Waals surface area contributed by atoms with Crippen molar-refractivity contribution in [2.75, 3.05) is 23.3 Å². The highest BCUT2D eigenvalue weighted by molar-refractivity contribution is 7.89. The van der Waals surface area contributed by atoms with Crippen LogP contribution in [0.25, 0.3) is 0 Å². The largest absolute Gasteiger partial charge is 0.397 e. The molecule has 0 aliphatic carbocycles. The molecular weight excluding hydrogens is 204 g/mol. The standard InChI is InChI=1S/C7H12N4O2S/c8-6-3-7(5-10-4-6)11-1-2-14(9,12)13/h3-5,11H,1-2,8H2,(H2,9,12,13). The Balaban J connectivity index is 2.47. The van der Waals surface area contributed by atoms with Crippen molar-refractivity contribution < 1.29 is 8.42 Å². The predicted molar refractivity (Wildman–Crippen MR) is 55.1 cm³/mol. The summed E-state index contributed by atoms with van der Waals surface area (Å²) in [4.78, 5) is 3.83. The van der Waals surface area contributed by atoms with Crippen molar-refractivity contribution in [3.8, 4) is 0 Å². The Morgan fingerprint density at radius 1 is 1.43 bits per heavy atom. The molecule has 7 heteroatoms. The lowest BCUT2D eigenvalue weighted by atomic mass is 10.4. The number of sulfonamides is 1. The maximum Gasteiger partial charge on any atom is 0.210 e. The molecule has 0 spiro atoms. The summed E-state index contributed by atoms with van der Waals surface area (Å²) in [6.07, 6.45) is 3.06. The van der Waals surface area contributed by atoms with Crippen LogP contribution >= 0.6 is 0 Å². The van der Waals surface area contributed by atoms with Crippen molar-refractivity contribution >= 4 is 21.4 Å². The summed E-state index contributed by atoms with van der Waals surface area (Å²) in [6, 6.07) is 1.66. The molecule has 1 aromatic rings. The second kappa shape index (κ2) is 4.25. The number of hydrogen-bond donors (Lipinski definition) is 3. The highest BCUT2D eigenvalue weighted by atomic mass is 32.2. The van der Waals surface area contributed by atoms with Gasteiger partial charge in [0, 0.05) is 12.7 Å². The lowest BCUT2D eigenvalue weighted by Crippen LogP contribution is -2.22. The average molecular weight is 216 g/mol. The van der Waals surface area contributed by atoms with Gasteiger partial charge in [0.25, 0.3) is 0 Å². The SMILES string of the molecule is Nc1cncc(NCCS(N)(=O)=O)c1. The molecule has 6 nitrogen and oxygen atoms in total. The van der Waals surface area contributed by atoms with Gasteiger partial charge in [-0.05, 0) is 6.07 Å². The Labute approximate surface area is 82.4 Å². The first-order valence-corrected chi connectivity index (χ1v) is 5.64. The number of primary sulfonamides is 1. The van der Waals surface area contributed by atoms with Crippen molar-refractivity contribution in [3.05, 3.63) is 18.5 Å². The van der Waals surface area contributed by atoms with Crippen LogP contribution in [-0.2, 0) is 10.0 Å². The highest BCUT2D eigenvalue weighted by Gasteiger charge is 2.01. The van der Waals surface area contributed by atoms with Crippen LogP contribution in [0, 0.1) is 0 Å². The zero-order valence-electron chi connectivity index (χ0n) is 7.47. The number of aromatic nitrogens is 1. The topological polar surface area (TPSA) is 111 Å². The molecule has 0 saturated carbocycles. The molecule has 0 bridgehead atoms. The van der Waals surface area contributed by atoms with Crippen LogP contribution in [0.2, 0.25) is 0 Å². The molecule has 0 aliphatic heterocycles. The summed E-state index contributed by atoms with van der Waals surface area (Å²) in [5.74, 6) is -0.123. The third-order valence-electron chi connectivity index (χ3n) is 1.48. The highest BCUT2D eigenvalue weighted by Crippen LogP contribution is 2.08. The quantitative estimate of drug-likeness (QED) is 0.620. The summed E-state index contributed by atoms with van der Waals surface area (Å²) in [6.45, 7) is 0.240. The first kappa shape index (κ1) is 10.7. The molecule has 0 radical (unpaired) electrons. The first-order chi connectivity index (χ1) is 6.47. The van der Waals surface area contributed by atoms with Gasteiger partial charge in [-0.2, -0.15) is 0 Å². The van der Waals surface area contributed by atoms with Crippen molar-refractivity contribution in [1.82, 2.24) is 4.98 Å². The van der Waals surface area contributed by atoms with Crippen molar-refractivity contribution in [3.63, 3.8) is 0 Å². The van der Waals surface area contributed by atoms with Crippen molar-refractivity contribution in [2.45, 2.75) is 0 Å². The van der Waals surface area contributed by atoms with E-state index in [-0.39, 0.29) is 12.3 Å². The fourth-order valence-corrected chi connectivity index (χ4v) is 1.28. The van der Waals surface area contributed by atoms with Crippen molar-refractivity contribution in [1.29, 1.82) is 0 Å². The van der Waals surface area contributed by atoms with Crippen LogP contribution < -0.4 is 16.2 Å². The normalized spacial score (nSPS) is 11.2. The van der Waals surface area contributed by atoms with E-state index in [0.29, 0.717) is 11.4 Å². The van der Waals surface area contributed by atoms with Gasteiger partial charge in [0.05, 0.1) is 23.3 Å². The smallest absolute Gasteiger partial charge is 0.210 e. The number of nitrogen functional groups attached to an aromatic ring is 1. The third kappa shape index (κ3) is 4.06. The molecule has 0 unspecified atom stereocenters. The van der Waals surface area contributed by atoms with E-state index in [1.54, 1.807) is 12.3 Å². The van der Waals surface area contributed by atoms with E-state index in [2.05, 4.69) is 10.3 Å². The Morgan fingerprint density at radius 3 is 2.71 bits per heavy atom. The molecule has 0 aliphatic rings. The number of nitrogens with two attached hydrogens (primary N) is 2. The number of hydrogen-bond acceptors (Lipinski definition) is 5. The lowest BCUT2D eigenvalue weighted by molar-refractivity contribution is 0.598. The van der Waals surface area contributed by atoms with Gasteiger partial charge in [0.2, 0.25) is 10.0 Å². The molecule has 1 rings (SSSR count). The third-order valence-corrected chi connectivity index (χ3v) is 2.25. The fraction of sp³-hybridized carbons (Fsp3) is 0.286. The predicted octanol–water partition coefficient (Wildman–Crippen LogP) is -0.636. The molecular formula is C7H12N4O2S. The van der Waals surface area contributed by atoms with Gasteiger partial charge >= 0.3 is 0 Å². The van der Waals surface area contributed by atoms with E-state index in [0.717, 1.165) is 0 Å². The van der Waals surface area contributed by atoms with Gasteiger partial charge in [-0.3, -0.25) is 4.98 Å². The Kier molecular flexibility index (Phi) is 3.26. The minimum absolute atomic E-state index is 0.123. The first-order valence-electron chi connectivity index (χ1n) is 3.92. The van der Waals surface area contributed by atoms with Gasteiger partial charge in [0.15, 0.2) is 0 Å². The van der Waals surface area contributed by atoms with Gasteiger partial charge in [-0.15, -0.1) is 0 Å². The number of rotatable bonds is 4. The van der Waals surface area contributed by atoms with Gasteiger partial charge in [-0.1, -0.05) is 0 Å². The molecule has 0 amide bonds. The number of nitrogens with one attached hydrogen (secondary N) is 1. The number of anilines is 2. The Bertz CT molecular complexity index is 404. The molecule has 14 heavy (non-hydrogen) atoms. The second-order valence-electron chi connectivity index (χ2n) is 2.80. The van der Waals surface area contributed by atoms with Crippen LogP contribution in [0.3, 0.4) is 0 Å². The van der Waals surface area contributed by atoms with Crippen LogP contribution in [0.5, 0.6) is 0 Å². The zero-order valence-corrected chi connectivity index (χ0v) is 8.29. The van der Waals surface area contributed by atoms with Gasteiger partial charge in [0.1, 0.15) is 0 Å². The maximum atomic E-state index is 10.6. The molecule has 5 N–H and O–H groups in total. The molecule has 0 aromatic carbocycles. The monoisotopic (exact) mass is 216 g/mol. The van der Waals surface area contributed by atoms with Crippen LogP contribution in [0.1, 0.15) is 0 Å². The molecule has 0 fully saturated rings. The number of nitrogens with zero attached hydrogens (tertiary/aromatic N) is 1. The molecule has 1 heterocycles. The fourth-order valence-electron chi connectivity index (χ4n) is 0.892. The van der Waals surface area contributed by atoms with Crippen molar-refractivity contribution in [2.24, 2.45) is 5.14 Å². The van der Waals surface area contributed by atoms with E-state index >= 15 is 0 Å². The lowest BCUT2D eigenvalue weighted by Gasteiger charge is -2.04. The minimum atomic E-state index is -3.42. The van der Waals surface area contributed by atoms with E-state index < -0.39 is 10.0 Å². The Morgan fingerprint density at radius 2 is 2.14 bits per heavy atom. The summed E-state index contributed by atoms with van der Waals surface area (Å²) in [7, 11) is -3.42. The van der Waals surface area contributed by atoms with Crippen LogP contribution in [-0.4, -0.2) is 25.7 Å². The summed E-state index contributed by atoms with van der Waals surface area (Å²) in [5, 5.41) is 7.66. The minimum Gasteiger partial charge on any atom is -0.397 e.